The summed E-state index contributed by atoms with van der Waals surface area (Å²) >= 11 is 1.60. The summed E-state index contributed by atoms with van der Waals surface area (Å²) in [5.74, 6) is 0.331. The van der Waals surface area contributed by atoms with Gasteiger partial charge in [0, 0.05) is 11.1 Å². The quantitative estimate of drug-likeness (QED) is 0.612. The first-order valence-electron chi connectivity index (χ1n) is 6.06. The average Bonchev–Trinajstić information content (AvgIpc) is 3.16. The second-order valence-corrected chi connectivity index (χ2v) is 5.28. The van der Waals surface area contributed by atoms with E-state index >= 15 is 0 Å². The van der Waals surface area contributed by atoms with Crippen LogP contribution in [0.2, 0.25) is 0 Å². The Hall–Kier alpha value is -2.60. The topological polar surface area (TPSA) is 69.3 Å². The van der Waals surface area contributed by atoms with Gasteiger partial charge < -0.3 is 10.3 Å². The fourth-order valence-corrected chi connectivity index (χ4v) is 3.04. The van der Waals surface area contributed by atoms with Crippen LogP contribution >= 0.6 is 11.3 Å². The van der Waals surface area contributed by atoms with Gasteiger partial charge in [0.25, 0.3) is 0 Å². The third kappa shape index (κ3) is 1.55. The molecule has 4 aromatic rings. The summed E-state index contributed by atoms with van der Waals surface area (Å²) < 4.78 is 6.99. The molecule has 0 aromatic carbocycles. The highest BCUT2D eigenvalue weighted by Gasteiger charge is 2.20. The summed E-state index contributed by atoms with van der Waals surface area (Å²) in [7, 11) is 0. The van der Waals surface area contributed by atoms with E-state index in [1.54, 1.807) is 22.0 Å². The molecule has 4 aromatic heterocycles. The molecule has 98 valence electrons. The average molecular weight is 282 g/mol. The van der Waals surface area contributed by atoms with E-state index < -0.39 is 0 Å². The lowest BCUT2D eigenvalue weighted by Gasteiger charge is -1.98. The Bertz CT molecular complexity index is 876. The van der Waals surface area contributed by atoms with Gasteiger partial charge in [-0.25, -0.2) is 4.52 Å². The molecule has 20 heavy (non-hydrogen) atoms. The summed E-state index contributed by atoms with van der Waals surface area (Å²) in [4.78, 5) is 1.04. The summed E-state index contributed by atoms with van der Waals surface area (Å²) in [6, 6.07) is 9.87. The Morgan fingerprint density at radius 2 is 2.15 bits per heavy atom. The van der Waals surface area contributed by atoms with Crippen molar-refractivity contribution < 1.29 is 4.52 Å². The maximum atomic E-state index is 5.93. The highest BCUT2D eigenvalue weighted by molar-refractivity contribution is 7.13. The Morgan fingerprint density at radius 1 is 1.20 bits per heavy atom. The third-order valence-electron chi connectivity index (χ3n) is 3.17. The van der Waals surface area contributed by atoms with Crippen LogP contribution in [0, 0.1) is 0 Å². The van der Waals surface area contributed by atoms with Gasteiger partial charge in [-0.15, -0.1) is 11.3 Å². The van der Waals surface area contributed by atoms with E-state index in [-0.39, 0.29) is 0 Å². The predicted molar refractivity (Wildman–Crippen MR) is 78.4 cm³/mol. The molecule has 0 aliphatic carbocycles. The maximum absolute atomic E-state index is 5.93. The number of nitrogens with zero attached hydrogens (tertiary/aromatic N) is 3. The normalized spacial score (nSPS) is 11.2. The lowest BCUT2D eigenvalue weighted by molar-refractivity contribution is 0.439. The van der Waals surface area contributed by atoms with E-state index in [9.17, 15) is 0 Å². The molecular weight excluding hydrogens is 272 g/mol. The molecule has 0 aliphatic heterocycles. The Balaban J connectivity index is 2.00. The fourth-order valence-electron chi connectivity index (χ4n) is 2.26. The van der Waals surface area contributed by atoms with Gasteiger partial charge in [0.1, 0.15) is 5.69 Å². The zero-order valence-electron chi connectivity index (χ0n) is 10.4. The molecule has 4 heterocycles. The van der Waals surface area contributed by atoms with Gasteiger partial charge in [0.15, 0.2) is 0 Å². The van der Waals surface area contributed by atoms with Crippen LogP contribution in [0.3, 0.4) is 0 Å². The molecule has 0 unspecified atom stereocenters. The lowest BCUT2D eigenvalue weighted by atomic mass is 10.1. The number of rotatable bonds is 2. The minimum Gasteiger partial charge on any atom is -0.367 e. The summed E-state index contributed by atoms with van der Waals surface area (Å²) in [6.07, 6.45) is 3.68. The van der Waals surface area contributed by atoms with Gasteiger partial charge >= 0.3 is 0 Å². The highest BCUT2D eigenvalue weighted by Crippen LogP contribution is 2.39. The van der Waals surface area contributed by atoms with E-state index in [1.807, 2.05) is 41.9 Å². The zero-order chi connectivity index (χ0) is 13.5. The van der Waals surface area contributed by atoms with Crippen LogP contribution in [0.1, 0.15) is 0 Å². The van der Waals surface area contributed by atoms with Crippen molar-refractivity contribution in [1.29, 1.82) is 0 Å². The standard InChI is InChI=1S/C14H10N4OS/c15-14-12(11-5-3-7-20-11)13(17-19-14)9-8-16-18-6-2-1-4-10(9)18/h1-8H,15H2. The largest absolute Gasteiger partial charge is 0.367 e. The number of aromatic nitrogens is 3. The summed E-state index contributed by atoms with van der Waals surface area (Å²) in [5.41, 5.74) is 9.38. The van der Waals surface area contributed by atoms with Crippen molar-refractivity contribution in [2.45, 2.75) is 0 Å². The molecule has 0 aliphatic rings. The minimum absolute atomic E-state index is 0.331. The first-order chi connectivity index (χ1) is 9.84. The number of anilines is 1. The van der Waals surface area contributed by atoms with Gasteiger partial charge in [-0.1, -0.05) is 17.3 Å². The van der Waals surface area contributed by atoms with Crippen molar-refractivity contribution in [1.82, 2.24) is 14.8 Å². The Kier molecular flexibility index (Phi) is 2.37. The van der Waals surface area contributed by atoms with Crippen molar-refractivity contribution in [2.24, 2.45) is 0 Å². The molecule has 0 fully saturated rings. The summed E-state index contributed by atoms with van der Waals surface area (Å²) in [5, 5.41) is 10.4. The number of pyridine rings is 1. The van der Waals surface area contributed by atoms with Crippen LogP contribution in [-0.2, 0) is 0 Å². The van der Waals surface area contributed by atoms with E-state index in [4.69, 9.17) is 10.3 Å². The summed E-state index contributed by atoms with van der Waals surface area (Å²) in [6.45, 7) is 0. The second kappa shape index (κ2) is 4.21. The van der Waals surface area contributed by atoms with Gasteiger partial charge in [0.05, 0.1) is 22.8 Å². The number of thiophene rings is 1. The molecule has 0 amide bonds. The highest BCUT2D eigenvalue weighted by atomic mass is 32.1. The number of nitrogens with two attached hydrogens (primary N) is 1. The lowest BCUT2D eigenvalue weighted by Crippen LogP contribution is -1.86. The van der Waals surface area contributed by atoms with Gasteiger partial charge in [0.2, 0.25) is 5.88 Å². The second-order valence-electron chi connectivity index (χ2n) is 4.34. The molecule has 0 atom stereocenters. The number of nitrogen functional groups attached to an aromatic ring is 1. The van der Waals surface area contributed by atoms with Crippen LogP contribution in [0.25, 0.3) is 27.2 Å². The van der Waals surface area contributed by atoms with Crippen LogP contribution < -0.4 is 5.73 Å². The maximum Gasteiger partial charge on any atom is 0.231 e. The van der Waals surface area contributed by atoms with Gasteiger partial charge in [-0.05, 0) is 23.6 Å². The van der Waals surface area contributed by atoms with Crippen LogP contribution in [-0.4, -0.2) is 14.8 Å². The molecule has 0 saturated heterocycles. The Morgan fingerprint density at radius 3 is 3.00 bits per heavy atom. The molecule has 0 saturated carbocycles. The third-order valence-corrected chi connectivity index (χ3v) is 4.06. The SMILES string of the molecule is Nc1onc(-c2cnn3ccccc23)c1-c1cccs1. The molecular formula is C14H10N4OS. The van der Waals surface area contributed by atoms with E-state index in [0.717, 1.165) is 27.2 Å². The minimum atomic E-state index is 0.331. The van der Waals surface area contributed by atoms with Crippen molar-refractivity contribution in [2.75, 3.05) is 5.73 Å². The van der Waals surface area contributed by atoms with E-state index in [2.05, 4.69) is 10.3 Å². The molecule has 0 radical (unpaired) electrons. The molecule has 6 heteroatoms. The Labute approximate surface area is 118 Å². The molecule has 5 nitrogen and oxygen atoms in total. The van der Waals surface area contributed by atoms with E-state index in [1.165, 1.54) is 0 Å². The smallest absolute Gasteiger partial charge is 0.231 e. The fraction of sp³-hybridized carbons (Fsp3) is 0. The van der Waals surface area contributed by atoms with E-state index in [0.29, 0.717) is 5.88 Å². The number of hydrogen-bond acceptors (Lipinski definition) is 5. The zero-order valence-corrected chi connectivity index (χ0v) is 11.2. The number of fused-ring (bicyclic) bond motifs is 1. The van der Waals surface area contributed by atoms with Crippen molar-refractivity contribution >= 4 is 22.7 Å². The molecule has 0 spiro atoms. The van der Waals surface area contributed by atoms with Gasteiger partial charge in [-0.3, -0.25) is 0 Å². The van der Waals surface area contributed by atoms with Crippen molar-refractivity contribution in [3.8, 4) is 21.7 Å². The van der Waals surface area contributed by atoms with Gasteiger partial charge in [-0.2, -0.15) is 5.10 Å². The first kappa shape index (κ1) is 11.2. The molecule has 2 N–H and O–H groups in total. The van der Waals surface area contributed by atoms with Crippen molar-refractivity contribution in [3.63, 3.8) is 0 Å². The molecule has 0 bridgehead atoms. The van der Waals surface area contributed by atoms with Crippen LogP contribution in [0.15, 0.2) is 52.6 Å². The van der Waals surface area contributed by atoms with Crippen LogP contribution in [0.5, 0.6) is 0 Å². The first-order valence-corrected chi connectivity index (χ1v) is 6.94. The molecule has 4 rings (SSSR count). The number of hydrogen-bond donors (Lipinski definition) is 1. The van der Waals surface area contributed by atoms with Crippen molar-refractivity contribution in [3.05, 3.63) is 48.1 Å². The van der Waals surface area contributed by atoms with Crippen LogP contribution in [0.4, 0.5) is 5.88 Å². The predicted octanol–water partition coefficient (Wildman–Crippen LogP) is 3.30. The monoisotopic (exact) mass is 282 g/mol.